The van der Waals surface area contributed by atoms with Crippen molar-refractivity contribution in [3.05, 3.63) is 93.7 Å². The molecule has 0 aliphatic rings. The molecule has 3 rings (SSSR count). The molecule has 0 fully saturated rings. The van der Waals surface area contributed by atoms with Crippen molar-refractivity contribution in [1.82, 2.24) is 10.2 Å². The summed E-state index contributed by atoms with van der Waals surface area (Å²) in [4.78, 5) is 27.8. The highest BCUT2D eigenvalue weighted by Gasteiger charge is 2.33. The molecule has 0 radical (unpaired) electrons. The summed E-state index contributed by atoms with van der Waals surface area (Å²) in [5.41, 5.74) is 1.10. The van der Waals surface area contributed by atoms with Crippen LogP contribution in [0.1, 0.15) is 31.4 Å². The largest absolute Gasteiger partial charge is 0.354 e. The van der Waals surface area contributed by atoms with Gasteiger partial charge in [0.15, 0.2) is 0 Å². The van der Waals surface area contributed by atoms with E-state index < -0.39 is 40.2 Å². The SMILES string of the molecule is CCCNC(=O)[C@@H](C)N(Cc1ccccc1F)C(=O)CN(c1cc(Cl)cc(Cl)c1)S(=O)(=O)c1ccc(C)cc1. The fourth-order valence-electron chi connectivity index (χ4n) is 3.84. The number of rotatable bonds is 11. The van der Waals surface area contributed by atoms with E-state index in [9.17, 15) is 22.4 Å². The smallest absolute Gasteiger partial charge is 0.264 e. The number of sulfonamides is 1. The van der Waals surface area contributed by atoms with Gasteiger partial charge in [-0.1, -0.05) is 66.0 Å². The molecule has 208 valence electrons. The summed E-state index contributed by atoms with van der Waals surface area (Å²) in [6, 6.07) is 15.2. The predicted molar refractivity (Wildman–Crippen MR) is 152 cm³/mol. The minimum absolute atomic E-state index is 0.0496. The monoisotopic (exact) mass is 593 g/mol. The normalized spacial score (nSPS) is 12.1. The first-order valence-corrected chi connectivity index (χ1v) is 14.5. The lowest BCUT2D eigenvalue weighted by Crippen LogP contribution is -2.51. The highest BCUT2D eigenvalue weighted by molar-refractivity contribution is 7.92. The van der Waals surface area contributed by atoms with Gasteiger partial charge in [0.2, 0.25) is 11.8 Å². The number of amides is 2. The molecule has 0 saturated carbocycles. The van der Waals surface area contributed by atoms with Crippen molar-refractivity contribution in [2.24, 2.45) is 0 Å². The molecule has 2 amide bonds. The zero-order chi connectivity index (χ0) is 28.7. The Morgan fingerprint density at radius 1 is 1.00 bits per heavy atom. The van der Waals surface area contributed by atoms with Crippen LogP contribution >= 0.6 is 23.2 Å². The van der Waals surface area contributed by atoms with Crippen LogP contribution in [0.2, 0.25) is 10.0 Å². The number of hydrogen-bond donors (Lipinski definition) is 1. The first-order chi connectivity index (χ1) is 18.4. The van der Waals surface area contributed by atoms with E-state index in [1.165, 1.54) is 55.5 Å². The van der Waals surface area contributed by atoms with Crippen LogP contribution in [0.3, 0.4) is 0 Å². The number of halogens is 3. The van der Waals surface area contributed by atoms with E-state index >= 15 is 0 Å². The van der Waals surface area contributed by atoms with Gasteiger partial charge in [-0.3, -0.25) is 13.9 Å². The molecule has 0 heterocycles. The average molecular weight is 595 g/mol. The molecule has 7 nitrogen and oxygen atoms in total. The number of nitrogens with one attached hydrogen (secondary N) is 1. The molecule has 0 bridgehead atoms. The third-order valence-corrected chi connectivity index (χ3v) is 8.26. The van der Waals surface area contributed by atoms with Crippen LogP contribution in [0.25, 0.3) is 0 Å². The van der Waals surface area contributed by atoms with Crippen LogP contribution in [-0.4, -0.2) is 44.3 Å². The van der Waals surface area contributed by atoms with E-state index in [-0.39, 0.29) is 32.7 Å². The van der Waals surface area contributed by atoms with Gasteiger partial charge in [0.25, 0.3) is 10.0 Å². The van der Waals surface area contributed by atoms with Crippen LogP contribution in [0.15, 0.2) is 71.6 Å². The number of carbonyl (C=O) groups is 2. The van der Waals surface area contributed by atoms with Crippen molar-refractivity contribution in [2.45, 2.75) is 44.7 Å². The maximum atomic E-state index is 14.6. The standard InChI is InChI=1S/C28H30Cl2FN3O4S/c1-4-13-32-28(36)20(3)33(17-21-7-5-6-8-26(21)31)27(35)18-34(24-15-22(29)14-23(30)16-24)39(37,38)25-11-9-19(2)10-12-25/h5-12,14-16,20H,4,13,17-18H2,1-3H3,(H,32,36)/t20-/m1/s1. The zero-order valence-electron chi connectivity index (χ0n) is 21.8. The molecule has 3 aromatic rings. The van der Waals surface area contributed by atoms with Crippen molar-refractivity contribution in [2.75, 3.05) is 17.4 Å². The number of hydrogen-bond acceptors (Lipinski definition) is 4. The Morgan fingerprint density at radius 3 is 2.21 bits per heavy atom. The average Bonchev–Trinajstić information content (AvgIpc) is 2.89. The van der Waals surface area contributed by atoms with E-state index in [1.807, 2.05) is 13.8 Å². The highest BCUT2D eigenvalue weighted by Crippen LogP contribution is 2.30. The van der Waals surface area contributed by atoms with Crippen LogP contribution in [0, 0.1) is 12.7 Å². The maximum Gasteiger partial charge on any atom is 0.264 e. The second-order valence-corrected chi connectivity index (χ2v) is 11.8. The molecule has 0 saturated heterocycles. The predicted octanol–water partition coefficient (Wildman–Crippen LogP) is 5.58. The minimum Gasteiger partial charge on any atom is -0.354 e. The summed E-state index contributed by atoms with van der Waals surface area (Å²) in [7, 11) is -4.28. The summed E-state index contributed by atoms with van der Waals surface area (Å²) >= 11 is 12.4. The Balaban J connectivity index is 2.06. The fraction of sp³-hybridized carbons (Fsp3) is 0.286. The molecular weight excluding hydrogens is 564 g/mol. The number of anilines is 1. The number of benzene rings is 3. The number of aryl methyl sites for hydroxylation is 1. The van der Waals surface area contributed by atoms with E-state index in [1.54, 1.807) is 18.2 Å². The third-order valence-electron chi connectivity index (χ3n) is 6.04. The highest BCUT2D eigenvalue weighted by atomic mass is 35.5. The van der Waals surface area contributed by atoms with E-state index in [2.05, 4.69) is 5.32 Å². The summed E-state index contributed by atoms with van der Waals surface area (Å²) in [6.07, 6.45) is 0.678. The Labute approximate surface area is 238 Å². The van der Waals surface area contributed by atoms with E-state index in [0.717, 1.165) is 14.8 Å². The topological polar surface area (TPSA) is 86.8 Å². The Morgan fingerprint density at radius 2 is 1.62 bits per heavy atom. The summed E-state index contributed by atoms with van der Waals surface area (Å²) in [6.45, 7) is 4.67. The van der Waals surface area contributed by atoms with Gasteiger partial charge in [0.1, 0.15) is 18.4 Å². The van der Waals surface area contributed by atoms with Crippen LogP contribution in [0.5, 0.6) is 0 Å². The van der Waals surface area contributed by atoms with Gasteiger partial charge < -0.3 is 10.2 Å². The third kappa shape index (κ3) is 7.71. The Bertz CT molecular complexity index is 1410. The summed E-state index contributed by atoms with van der Waals surface area (Å²) in [5, 5.41) is 3.08. The van der Waals surface area contributed by atoms with Gasteiger partial charge in [0.05, 0.1) is 10.6 Å². The lowest BCUT2D eigenvalue weighted by molar-refractivity contribution is -0.139. The minimum atomic E-state index is -4.28. The molecule has 0 spiro atoms. The molecule has 0 aliphatic carbocycles. The van der Waals surface area contributed by atoms with Crippen molar-refractivity contribution < 1.29 is 22.4 Å². The van der Waals surface area contributed by atoms with Crippen molar-refractivity contribution in [3.63, 3.8) is 0 Å². The number of nitrogens with zero attached hydrogens (tertiary/aromatic N) is 2. The van der Waals surface area contributed by atoms with Gasteiger partial charge in [-0.2, -0.15) is 0 Å². The maximum absolute atomic E-state index is 14.6. The lowest BCUT2D eigenvalue weighted by Gasteiger charge is -2.32. The summed E-state index contributed by atoms with van der Waals surface area (Å²) < 4.78 is 43.1. The molecule has 0 aliphatic heterocycles. The van der Waals surface area contributed by atoms with Crippen molar-refractivity contribution in [1.29, 1.82) is 0 Å². The molecule has 0 aromatic heterocycles. The van der Waals surface area contributed by atoms with Crippen LogP contribution in [-0.2, 0) is 26.2 Å². The van der Waals surface area contributed by atoms with Gasteiger partial charge in [-0.05, 0) is 56.7 Å². The first kappa shape index (κ1) is 30.4. The Kier molecular flexibility index (Phi) is 10.4. The molecule has 11 heteroatoms. The Hall–Kier alpha value is -3.14. The summed E-state index contributed by atoms with van der Waals surface area (Å²) in [5.74, 6) is -1.72. The van der Waals surface area contributed by atoms with Gasteiger partial charge >= 0.3 is 0 Å². The molecule has 1 N–H and O–H groups in total. The van der Waals surface area contributed by atoms with Gasteiger partial charge in [-0.15, -0.1) is 0 Å². The molecule has 3 aromatic carbocycles. The molecule has 1 atom stereocenters. The zero-order valence-corrected chi connectivity index (χ0v) is 24.2. The molecule has 39 heavy (non-hydrogen) atoms. The fourth-order valence-corrected chi connectivity index (χ4v) is 5.75. The van der Waals surface area contributed by atoms with E-state index in [0.29, 0.717) is 13.0 Å². The molecular formula is C28H30Cl2FN3O4S. The second-order valence-electron chi connectivity index (χ2n) is 9.03. The first-order valence-electron chi connectivity index (χ1n) is 12.3. The van der Waals surface area contributed by atoms with Gasteiger partial charge in [0, 0.05) is 28.7 Å². The molecule has 0 unspecified atom stereocenters. The lowest BCUT2D eigenvalue weighted by atomic mass is 10.1. The quantitative estimate of drug-likeness (QED) is 0.314. The number of carbonyl (C=O) groups excluding carboxylic acids is 2. The van der Waals surface area contributed by atoms with E-state index in [4.69, 9.17) is 23.2 Å². The van der Waals surface area contributed by atoms with Gasteiger partial charge in [-0.25, -0.2) is 12.8 Å². The van der Waals surface area contributed by atoms with Crippen molar-refractivity contribution >= 4 is 50.7 Å². The second kappa shape index (κ2) is 13.3. The van der Waals surface area contributed by atoms with Crippen LogP contribution < -0.4 is 9.62 Å². The van der Waals surface area contributed by atoms with Crippen LogP contribution in [0.4, 0.5) is 10.1 Å². The van der Waals surface area contributed by atoms with Crippen molar-refractivity contribution in [3.8, 4) is 0 Å².